The Bertz CT molecular complexity index is 1480. The number of anilines is 1. The molecule has 0 amide bonds. The molecule has 0 radical (unpaired) electrons. The molecule has 53 heavy (non-hydrogen) atoms. The van der Waals surface area contributed by atoms with Crippen molar-refractivity contribution >= 4 is 23.4 Å². The van der Waals surface area contributed by atoms with Crippen LogP contribution in [0.25, 0.3) is 11.6 Å². The van der Waals surface area contributed by atoms with Crippen LogP contribution in [0.4, 0.5) is 32.2 Å². The van der Waals surface area contributed by atoms with Gasteiger partial charge in [-0.05, 0) is 67.4 Å². The molecule has 304 valence electrons. The fraction of sp³-hybridized carbons (Fsp3) is 0.641. The number of hydrogen-bond donors (Lipinski definition) is 2. The van der Waals surface area contributed by atoms with Gasteiger partial charge in [0, 0.05) is 44.6 Å². The Morgan fingerprint density at radius 1 is 1.06 bits per heavy atom. The van der Waals surface area contributed by atoms with Crippen LogP contribution in [0.15, 0.2) is 46.6 Å². The molecule has 0 saturated carbocycles. The lowest BCUT2D eigenvalue weighted by atomic mass is 10.0. The van der Waals surface area contributed by atoms with Crippen LogP contribution in [-0.2, 0) is 11.2 Å². The molecule has 0 aliphatic heterocycles. The molecule has 1 aromatic rings. The quantitative estimate of drug-likeness (QED) is 0.0473. The number of pyridine rings is 1. The zero-order valence-corrected chi connectivity index (χ0v) is 33.9. The lowest BCUT2D eigenvalue weighted by Gasteiger charge is -2.28. The number of hydrazine groups is 1. The molecule has 0 saturated heterocycles. The predicted molar refractivity (Wildman–Crippen MR) is 208 cm³/mol. The highest BCUT2D eigenvalue weighted by Gasteiger charge is 2.35. The number of hydrogen-bond acceptors (Lipinski definition) is 6. The van der Waals surface area contributed by atoms with E-state index < -0.39 is 30.4 Å². The number of nitrogens with two attached hydrogens (primary N) is 2. The maximum atomic E-state index is 13.5. The number of ether oxygens (including phenoxy) is 1. The number of fused-ring (bicyclic) bond motifs is 1. The van der Waals surface area contributed by atoms with Crippen LogP contribution in [0.2, 0.25) is 0 Å². The number of methoxy groups -OCH3 is 1. The van der Waals surface area contributed by atoms with Crippen molar-refractivity contribution in [3.05, 3.63) is 57.6 Å². The molecule has 0 bridgehead atoms. The molecule has 0 spiro atoms. The molecule has 1 aromatic heterocycles. The summed E-state index contributed by atoms with van der Waals surface area (Å²) in [6.07, 6.45) is 0.410. The molecule has 0 aromatic carbocycles. The van der Waals surface area contributed by atoms with E-state index in [2.05, 4.69) is 39.7 Å². The minimum Gasteiger partial charge on any atom is -0.383 e. The summed E-state index contributed by atoms with van der Waals surface area (Å²) in [6, 6.07) is 2.02. The Labute approximate surface area is 314 Å². The van der Waals surface area contributed by atoms with Crippen molar-refractivity contribution in [2.24, 2.45) is 34.4 Å². The number of guanidine groups is 1. The van der Waals surface area contributed by atoms with Crippen LogP contribution in [0.3, 0.4) is 0 Å². The van der Waals surface area contributed by atoms with Gasteiger partial charge in [0.25, 0.3) is 0 Å². The SMILES string of the molecule is CC.CCC(C)C.COCCN(N)/N=C(\N)N(CCc1cc2c(nc1N(C)CC(C)C)=C(C)CC=CC=2)CC(=C/C(C)C(F)(F)F)/C=C(\C)C(F)(F)F. The molecule has 4 N–H and O–H groups in total. The molecular formula is C39H65F6N7O. The van der Waals surface area contributed by atoms with E-state index in [1.807, 2.05) is 57.0 Å². The Balaban J connectivity index is 0.00000354. The van der Waals surface area contributed by atoms with E-state index in [4.69, 9.17) is 21.3 Å². The van der Waals surface area contributed by atoms with E-state index in [1.165, 1.54) is 18.4 Å². The number of allylic oxidation sites excluding steroid dienone is 4. The summed E-state index contributed by atoms with van der Waals surface area (Å²) in [5.41, 5.74) is 6.99. The van der Waals surface area contributed by atoms with Gasteiger partial charge in [-0.2, -0.15) is 26.3 Å². The van der Waals surface area contributed by atoms with Crippen molar-refractivity contribution < 1.29 is 31.1 Å². The molecule has 2 rings (SSSR count). The van der Waals surface area contributed by atoms with Gasteiger partial charge in [-0.3, -0.25) is 0 Å². The summed E-state index contributed by atoms with van der Waals surface area (Å²) in [6.45, 7) is 19.3. The fourth-order valence-electron chi connectivity index (χ4n) is 4.80. The van der Waals surface area contributed by atoms with Crippen molar-refractivity contribution in [2.45, 2.75) is 101 Å². The fourth-order valence-corrected chi connectivity index (χ4v) is 4.80. The van der Waals surface area contributed by atoms with Crippen LogP contribution in [-0.4, -0.2) is 80.3 Å². The van der Waals surface area contributed by atoms with Crippen molar-refractivity contribution in [1.29, 1.82) is 0 Å². The van der Waals surface area contributed by atoms with Gasteiger partial charge < -0.3 is 20.3 Å². The normalized spacial score (nSPS) is 14.4. The molecule has 0 fully saturated rings. The average molecular weight is 762 g/mol. The van der Waals surface area contributed by atoms with Crippen LogP contribution >= 0.6 is 0 Å². The maximum Gasteiger partial charge on any atom is 0.412 e. The molecule has 1 aliphatic carbocycles. The first-order chi connectivity index (χ1) is 24.6. The number of nitrogens with zero attached hydrogens (tertiary/aromatic N) is 5. The molecule has 8 nitrogen and oxygen atoms in total. The van der Waals surface area contributed by atoms with E-state index >= 15 is 0 Å². The lowest BCUT2D eigenvalue weighted by Crippen LogP contribution is -2.43. The van der Waals surface area contributed by atoms with E-state index in [-0.39, 0.29) is 31.2 Å². The van der Waals surface area contributed by atoms with E-state index in [0.29, 0.717) is 25.0 Å². The van der Waals surface area contributed by atoms with Crippen LogP contribution in [0.5, 0.6) is 0 Å². The summed E-state index contributed by atoms with van der Waals surface area (Å²) >= 11 is 0. The zero-order chi connectivity index (χ0) is 41.1. The summed E-state index contributed by atoms with van der Waals surface area (Å²) in [7, 11) is 3.41. The molecule has 1 unspecified atom stereocenters. The highest BCUT2D eigenvalue weighted by Crippen LogP contribution is 2.30. The second kappa shape index (κ2) is 24.0. The second-order valence-electron chi connectivity index (χ2n) is 13.7. The predicted octanol–water partition coefficient (Wildman–Crippen LogP) is 7.69. The standard InChI is InChI=1S/C32H47F6N7O.C5H12.C2H6/c1-21(2)19-43(6)29-27(18-26-11-9-8-10-22(3)28(26)41-29)12-13-44(30(39)42-45(40)14-15-46-7)20-25(16-23(4)31(33,34)35)17-24(5)32(36,37)38;1-4-5(2)3;1-2/h8-9,11,16-18,21,23H,10,12-15,19-20,40H2,1-7H3,(H2,39,42);5H,4H2,1-3H3;1-2H3/b24-17+,25-16+;;. The number of alkyl halides is 6. The van der Waals surface area contributed by atoms with Crippen molar-refractivity contribution in [1.82, 2.24) is 15.0 Å². The first-order valence-corrected chi connectivity index (χ1v) is 18.3. The summed E-state index contributed by atoms with van der Waals surface area (Å²) < 4.78 is 86.1. The summed E-state index contributed by atoms with van der Waals surface area (Å²) in [5, 5.41) is 6.93. The van der Waals surface area contributed by atoms with Gasteiger partial charge in [0.15, 0.2) is 0 Å². The van der Waals surface area contributed by atoms with Gasteiger partial charge >= 0.3 is 12.4 Å². The average Bonchev–Trinajstić information content (AvgIpc) is 3.25. The largest absolute Gasteiger partial charge is 0.412 e. The number of aromatic nitrogens is 1. The first kappa shape index (κ1) is 49.5. The topological polar surface area (TPSA) is 96.2 Å². The van der Waals surface area contributed by atoms with Gasteiger partial charge in [0.1, 0.15) is 5.82 Å². The Morgan fingerprint density at radius 3 is 2.17 bits per heavy atom. The Morgan fingerprint density at radius 2 is 1.66 bits per heavy atom. The number of hydrazone groups is 1. The highest BCUT2D eigenvalue weighted by molar-refractivity contribution is 5.78. The first-order valence-electron chi connectivity index (χ1n) is 18.3. The van der Waals surface area contributed by atoms with Crippen LogP contribution < -0.4 is 27.0 Å². The lowest BCUT2D eigenvalue weighted by molar-refractivity contribution is -0.156. The Kier molecular flexibility index (Phi) is 22.4. The molecule has 1 aliphatic rings. The van der Waals surface area contributed by atoms with Gasteiger partial charge in [-0.25, -0.2) is 15.9 Å². The minimum atomic E-state index is -4.73. The summed E-state index contributed by atoms with van der Waals surface area (Å²) in [4.78, 5) is 8.50. The number of rotatable bonds is 15. The van der Waals surface area contributed by atoms with Crippen molar-refractivity contribution in [3.8, 4) is 0 Å². The number of halogens is 6. The minimum absolute atomic E-state index is 0.0889. The van der Waals surface area contributed by atoms with Crippen molar-refractivity contribution in [2.75, 3.05) is 51.8 Å². The van der Waals surface area contributed by atoms with Gasteiger partial charge in [0.05, 0.1) is 24.4 Å². The van der Waals surface area contributed by atoms with Crippen molar-refractivity contribution in [3.63, 3.8) is 0 Å². The molecule has 1 heterocycles. The van der Waals surface area contributed by atoms with E-state index in [1.54, 1.807) is 0 Å². The highest BCUT2D eigenvalue weighted by atomic mass is 19.4. The van der Waals surface area contributed by atoms with Gasteiger partial charge in [-0.15, -0.1) is 5.10 Å². The second-order valence-corrected chi connectivity index (χ2v) is 13.7. The summed E-state index contributed by atoms with van der Waals surface area (Å²) in [5.74, 6) is 5.68. The maximum absolute atomic E-state index is 13.5. The Hall–Kier alpha value is -3.52. The zero-order valence-electron chi connectivity index (χ0n) is 33.9. The van der Waals surface area contributed by atoms with Gasteiger partial charge in [-0.1, -0.05) is 86.1 Å². The van der Waals surface area contributed by atoms with E-state index in [9.17, 15) is 26.3 Å². The van der Waals surface area contributed by atoms with E-state index in [0.717, 1.165) is 64.9 Å². The van der Waals surface area contributed by atoms with Crippen LogP contribution in [0, 0.1) is 17.8 Å². The third kappa shape index (κ3) is 18.9. The molecule has 1 atom stereocenters. The third-order valence-corrected chi connectivity index (χ3v) is 8.10. The third-order valence-electron chi connectivity index (χ3n) is 8.10. The monoisotopic (exact) mass is 762 g/mol. The smallest absolute Gasteiger partial charge is 0.383 e. The van der Waals surface area contributed by atoms with Crippen LogP contribution in [0.1, 0.15) is 87.6 Å². The molecular weight excluding hydrogens is 696 g/mol. The molecule has 14 heteroatoms. The van der Waals surface area contributed by atoms with Gasteiger partial charge in [0.2, 0.25) is 5.96 Å².